The average molecular weight is 265 g/mol. The molecule has 0 aromatic heterocycles. The lowest BCUT2D eigenvalue weighted by atomic mass is 10.2. The van der Waals surface area contributed by atoms with Crippen molar-refractivity contribution in [1.82, 2.24) is 0 Å². The summed E-state index contributed by atoms with van der Waals surface area (Å²) >= 11 is 0. The Bertz CT molecular complexity index is 428. The van der Waals surface area contributed by atoms with E-state index >= 15 is 0 Å². The summed E-state index contributed by atoms with van der Waals surface area (Å²) < 4.78 is 14.7. The molecule has 0 saturated heterocycles. The van der Waals surface area contributed by atoms with Gasteiger partial charge in [0.1, 0.15) is 11.3 Å². The monoisotopic (exact) mass is 265 g/mol. The van der Waals surface area contributed by atoms with Gasteiger partial charge >= 0.3 is 12.1 Å². The van der Waals surface area contributed by atoms with E-state index < -0.39 is 12.1 Å². The highest BCUT2D eigenvalue weighted by Gasteiger charge is 2.16. The van der Waals surface area contributed by atoms with Gasteiger partial charge in [0.15, 0.2) is 0 Å². The molecule has 5 nitrogen and oxygen atoms in total. The minimum atomic E-state index is -0.842. The van der Waals surface area contributed by atoms with Crippen molar-refractivity contribution >= 4 is 12.1 Å². The highest BCUT2D eigenvalue weighted by Crippen LogP contribution is 2.19. The summed E-state index contributed by atoms with van der Waals surface area (Å²) in [7, 11) is 0. The fourth-order valence-electron chi connectivity index (χ4n) is 1.31. The predicted octanol–water partition coefficient (Wildman–Crippen LogP) is 2.99. The van der Waals surface area contributed by atoms with Gasteiger partial charge in [-0.25, -0.2) is 9.59 Å². The van der Waals surface area contributed by atoms with Gasteiger partial charge in [-0.05, 0) is 25.5 Å². The minimum Gasteiger partial charge on any atom is -0.462 e. The van der Waals surface area contributed by atoms with E-state index in [9.17, 15) is 9.59 Å². The van der Waals surface area contributed by atoms with E-state index in [-0.39, 0.29) is 24.5 Å². The molecule has 0 aliphatic heterocycles. The SMILES string of the molecule is [CH2]CCCOC(=O)Oc1ccccc1C(=O)OCC. The third-order valence-corrected chi connectivity index (χ3v) is 2.19. The number of esters is 1. The van der Waals surface area contributed by atoms with Crippen LogP contribution in [0.1, 0.15) is 30.1 Å². The molecule has 0 N–H and O–H groups in total. The fourth-order valence-corrected chi connectivity index (χ4v) is 1.31. The number of para-hydroxylation sites is 1. The van der Waals surface area contributed by atoms with E-state index in [1.54, 1.807) is 19.1 Å². The number of hydrogen-bond acceptors (Lipinski definition) is 5. The second-order valence-corrected chi connectivity index (χ2v) is 3.62. The molecule has 1 aromatic carbocycles. The lowest BCUT2D eigenvalue weighted by molar-refractivity contribution is 0.0520. The van der Waals surface area contributed by atoms with Gasteiger partial charge in [-0.2, -0.15) is 0 Å². The van der Waals surface area contributed by atoms with Crippen molar-refractivity contribution in [2.75, 3.05) is 13.2 Å². The Hall–Kier alpha value is -2.04. The Morgan fingerprint density at radius 1 is 1.21 bits per heavy atom. The van der Waals surface area contributed by atoms with Crippen LogP contribution in [0.15, 0.2) is 24.3 Å². The molecule has 0 unspecified atom stereocenters. The fraction of sp³-hybridized carbons (Fsp3) is 0.357. The van der Waals surface area contributed by atoms with Crippen molar-refractivity contribution in [1.29, 1.82) is 0 Å². The van der Waals surface area contributed by atoms with Crippen LogP contribution in [0, 0.1) is 6.92 Å². The van der Waals surface area contributed by atoms with E-state index in [2.05, 4.69) is 6.92 Å². The zero-order chi connectivity index (χ0) is 14.1. The van der Waals surface area contributed by atoms with Crippen LogP contribution < -0.4 is 4.74 Å². The van der Waals surface area contributed by atoms with Crippen LogP contribution in [0.2, 0.25) is 0 Å². The number of ether oxygens (including phenoxy) is 3. The Morgan fingerprint density at radius 3 is 2.63 bits per heavy atom. The predicted molar refractivity (Wildman–Crippen MR) is 69.0 cm³/mol. The number of hydrogen-bond donors (Lipinski definition) is 0. The van der Waals surface area contributed by atoms with Gasteiger partial charge in [0.05, 0.1) is 13.2 Å². The highest BCUT2D eigenvalue weighted by atomic mass is 16.7. The molecular weight excluding hydrogens is 248 g/mol. The van der Waals surface area contributed by atoms with Crippen molar-refractivity contribution < 1.29 is 23.8 Å². The van der Waals surface area contributed by atoms with Crippen LogP contribution in [0.5, 0.6) is 5.75 Å². The molecule has 0 saturated carbocycles. The van der Waals surface area contributed by atoms with E-state index in [4.69, 9.17) is 14.2 Å². The Kier molecular flexibility index (Phi) is 6.43. The molecule has 1 radical (unpaired) electrons. The van der Waals surface area contributed by atoms with Crippen molar-refractivity contribution in [2.24, 2.45) is 0 Å². The van der Waals surface area contributed by atoms with Gasteiger partial charge in [0.25, 0.3) is 0 Å². The van der Waals surface area contributed by atoms with Crippen molar-refractivity contribution in [3.63, 3.8) is 0 Å². The first-order chi connectivity index (χ1) is 9.19. The maximum atomic E-state index is 11.6. The van der Waals surface area contributed by atoms with Gasteiger partial charge in [0, 0.05) is 0 Å². The largest absolute Gasteiger partial charge is 0.513 e. The van der Waals surface area contributed by atoms with Crippen molar-refractivity contribution in [3.05, 3.63) is 36.8 Å². The Balaban J connectivity index is 2.67. The second kappa shape index (κ2) is 8.13. The van der Waals surface area contributed by atoms with E-state index in [0.29, 0.717) is 12.8 Å². The summed E-state index contributed by atoms with van der Waals surface area (Å²) in [6.07, 6.45) is 0.492. The van der Waals surface area contributed by atoms with Crippen LogP contribution in [-0.2, 0) is 9.47 Å². The van der Waals surface area contributed by atoms with Crippen LogP contribution in [0.3, 0.4) is 0 Å². The summed E-state index contributed by atoms with van der Waals surface area (Å²) in [5, 5.41) is 0. The third kappa shape index (κ3) is 4.99. The van der Waals surface area contributed by atoms with Gasteiger partial charge in [0.2, 0.25) is 0 Å². The summed E-state index contributed by atoms with van der Waals surface area (Å²) in [6, 6.07) is 6.35. The molecule has 0 aliphatic rings. The van der Waals surface area contributed by atoms with E-state index in [0.717, 1.165) is 0 Å². The first-order valence-electron chi connectivity index (χ1n) is 6.09. The minimum absolute atomic E-state index is 0.126. The van der Waals surface area contributed by atoms with Gasteiger partial charge in [-0.1, -0.05) is 25.5 Å². The molecule has 1 rings (SSSR count). The van der Waals surface area contributed by atoms with Crippen LogP contribution in [0.25, 0.3) is 0 Å². The lowest BCUT2D eigenvalue weighted by Gasteiger charge is -2.09. The second-order valence-electron chi connectivity index (χ2n) is 3.62. The Morgan fingerprint density at radius 2 is 1.95 bits per heavy atom. The number of benzene rings is 1. The molecule has 19 heavy (non-hydrogen) atoms. The quantitative estimate of drug-likeness (QED) is 0.449. The average Bonchev–Trinajstić information content (AvgIpc) is 2.40. The first kappa shape index (κ1) is 15.0. The van der Waals surface area contributed by atoms with Crippen LogP contribution >= 0.6 is 0 Å². The lowest BCUT2D eigenvalue weighted by Crippen LogP contribution is -2.14. The van der Waals surface area contributed by atoms with Gasteiger partial charge < -0.3 is 14.2 Å². The number of rotatable bonds is 6. The van der Waals surface area contributed by atoms with Crippen LogP contribution in [-0.4, -0.2) is 25.3 Å². The maximum absolute atomic E-state index is 11.6. The number of carbonyl (C=O) groups excluding carboxylic acids is 2. The van der Waals surface area contributed by atoms with Crippen LogP contribution in [0.4, 0.5) is 4.79 Å². The highest BCUT2D eigenvalue weighted by molar-refractivity contribution is 5.93. The molecule has 103 valence electrons. The summed E-state index contributed by atoms with van der Waals surface area (Å²) in [6.45, 7) is 5.82. The van der Waals surface area contributed by atoms with Crippen molar-refractivity contribution in [3.8, 4) is 5.75 Å². The molecule has 1 aromatic rings. The normalized spacial score (nSPS) is 9.79. The molecule has 5 heteroatoms. The van der Waals surface area contributed by atoms with Gasteiger partial charge in [-0.15, -0.1) is 0 Å². The summed E-state index contributed by atoms with van der Waals surface area (Å²) in [4.78, 5) is 23.0. The summed E-state index contributed by atoms with van der Waals surface area (Å²) in [5.41, 5.74) is 0.193. The molecular formula is C14H17O5. The Labute approximate surface area is 112 Å². The molecule has 0 atom stereocenters. The molecule has 0 bridgehead atoms. The third-order valence-electron chi connectivity index (χ3n) is 2.19. The molecule has 0 heterocycles. The molecule has 0 spiro atoms. The molecule has 0 amide bonds. The van der Waals surface area contributed by atoms with Gasteiger partial charge in [-0.3, -0.25) is 0 Å². The standard InChI is InChI=1S/C14H17O5/c1-3-5-10-18-14(16)19-12-9-7-6-8-11(12)13(15)17-4-2/h6-9H,1,3-5,10H2,2H3. The topological polar surface area (TPSA) is 61.8 Å². The molecule has 0 aliphatic carbocycles. The number of unbranched alkanes of at least 4 members (excludes halogenated alkanes) is 1. The first-order valence-corrected chi connectivity index (χ1v) is 6.09. The summed E-state index contributed by atoms with van der Waals surface area (Å²) in [5.74, 6) is -0.413. The van der Waals surface area contributed by atoms with Crippen molar-refractivity contribution in [2.45, 2.75) is 19.8 Å². The zero-order valence-corrected chi connectivity index (χ0v) is 10.9. The molecule has 0 fully saturated rings. The zero-order valence-electron chi connectivity index (χ0n) is 10.9. The van der Waals surface area contributed by atoms with E-state index in [1.807, 2.05) is 0 Å². The van der Waals surface area contributed by atoms with E-state index in [1.165, 1.54) is 12.1 Å². The smallest absolute Gasteiger partial charge is 0.462 e. The number of carbonyl (C=O) groups is 2. The maximum Gasteiger partial charge on any atom is 0.513 e.